The first-order valence-electron chi connectivity index (χ1n) is 3.29. The van der Waals surface area contributed by atoms with E-state index in [0.717, 1.165) is 15.8 Å². The van der Waals surface area contributed by atoms with Gasteiger partial charge in [0.05, 0.1) is 0 Å². The molecule has 0 unspecified atom stereocenters. The van der Waals surface area contributed by atoms with Gasteiger partial charge in [0.25, 0.3) is 0 Å². The summed E-state index contributed by atoms with van der Waals surface area (Å²) in [5.74, 6) is 0.691. The van der Waals surface area contributed by atoms with Gasteiger partial charge in [-0.15, -0.1) is 0 Å². The van der Waals surface area contributed by atoms with Crippen LogP contribution in [-0.2, 0) is 0 Å². The molecule has 2 rings (SSSR count). The molecule has 0 spiro atoms. The van der Waals surface area contributed by atoms with Crippen molar-refractivity contribution in [3.8, 4) is 0 Å². The molecule has 0 aliphatic carbocycles. The molecule has 0 radical (unpaired) electrons. The molecule has 2 aromatic rings. The van der Waals surface area contributed by atoms with Crippen molar-refractivity contribution in [2.45, 2.75) is 0 Å². The molecule has 0 aliphatic rings. The van der Waals surface area contributed by atoms with Gasteiger partial charge in [-0.25, -0.2) is 0 Å². The topological polar surface area (TPSA) is 41.8 Å². The number of rotatable bonds is 0. The van der Waals surface area contributed by atoms with Crippen LogP contribution in [0.3, 0.4) is 0 Å². The lowest BCUT2D eigenvalue weighted by Gasteiger charge is -1.90. The summed E-state index contributed by atoms with van der Waals surface area (Å²) in [5.41, 5.74) is 5.63. The number of halogens is 1. The van der Waals surface area contributed by atoms with E-state index >= 15 is 0 Å². The number of hydrogen-bond acceptors (Lipinski definition) is 1. The van der Waals surface area contributed by atoms with E-state index in [1.54, 1.807) is 0 Å². The van der Waals surface area contributed by atoms with Crippen LogP contribution in [0, 0.1) is 0 Å². The second-order valence-electron chi connectivity index (χ2n) is 2.43. The number of aromatic amines is 1. The molecule has 0 amide bonds. The quantitative estimate of drug-likeness (QED) is 0.620. The van der Waals surface area contributed by atoms with Crippen LogP contribution < -0.4 is 5.73 Å². The summed E-state index contributed by atoms with van der Waals surface area (Å²) in [6, 6.07) is 5.61. The van der Waals surface area contributed by atoms with Crippen molar-refractivity contribution in [2.75, 3.05) is 5.73 Å². The highest BCUT2D eigenvalue weighted by atomic mass is 35.5. The van der Waals surface area contributed by atoms with Crippen molar-refractivity contribution < 1.29 is 0 Å². The Morgan fingerprint density at radius 1 is 1.36 bits per heavy atom. The molecule has 0 atom stereocenters. The second kappa shape index (κ2) is 2.17. The third-order valence-electron chi connectivity index (χ3n) is 1.69. The summed E-state index contributed by atoms with van der Waals surface area (Å²) in [4.78, 5) is 2.92. The van der Waals surface area contributed by atoms with E-state index in [1.165, 1.54) is 0 Å². The Bertz CT molecular complexity index is 392. The van der Waals surface area contributed by atoms with Gasteiger partial charge >= 0.3 is 0 Å². The van der Waals surface area contributed by atoms with E-state index in [2.05, 4.69) is 4.98 Å². The zero-order valence-corrected chi connectivity index (χ0v) is 6.52. The van der Waals surface area contributed by atoms with Crippen LogP contribution in [0.15, 0.2) is 24.4 Å². The number of H-pyrrole nitrogens is 1. The number of nitrogens with two attached hydrogens (primary N) is 1. The van der Waals surface area contributed by atoms with Crippen molar-refractivity contribution in [3.63, 3.8) is 0 Å². The Morgan fingerprint density at radius 3 is 3.00 bits per heavy atom. The summed E-state index contributed by atoms with van der Waals surface area (Å²) in [6.45, 7) is 0. The number of nitrogen functional groups attached to an aromatic ring is 1. The Labute approximate surface area is 69.0 Å². The van der Waals surface area contributed by atoms with Crippen molar-refractivity contribution >= 4 is 28.2 Å². The smallest absolute Gasteiger partial charge is 0.108 e. The van der Waals surface area contributed by atoms with Gasteiger partial charge < -0.3 is 10.7 Å². The molecule has 0 bridgehead atoms. The Hall–Kier alpha value is -1.15. The predicted molar refractivity (Wildman–Crippen MR) is 47.7 cm³/mol. The summed E-state index contributed by atoms with van der Waals surface area (Å²) >= 11 is 5.77. The molecule has 0 fully saturated rings. The lowest BCUT2D eigenvalue weighted by atomic mass is 10.2. The molecule has 0 aliphatic heterocycles. The summed E-state index contributed by atoms with van der Waals surface area (Å²) in [5, 5.41) is 2.81. The standard InChI is InChI=1S/C8H7ClN2/c9-6-1-2-7-5(3-6)4-11-8(7)10/h1-4,11H,10H2. The van der Waals surface area contributed by atoms with Crippen LogP contribution in [-0.4, -0.2) is 4.98 Å². The van der Waals surface area contributed by atoms with Crippen molar-refractivity contribution in [2.24, 2.45) is 0 Å². The second-order valence-corrected chi connectivity index (χ2v) is 2.87. The van der Waals surface area contributed by atoms with Gasteiger partial charge in [-0.3, -0.25) is 0 Å². The van der Waals surface area contributed by atoms with Crippen molar-refractivity contribution in [1.29, 1.82) is 0 Å². The van der Waals surface area contributed by atoms with E-state index in [4.69, 9.17) is 17.3 Å². The number of hydrogen-bond donors (Lipinski definition) is 2. The zero-order valence-electron chi connectivity index (χ0n) is 5.76. The zero-order chi connectivity index (χ0) is 7.84. The highest BCUT2D eigenvalue weighted by Gasteiger charge is 1.98. The summed E-state index contributed by atoms with van der Waals surface area (Å²) in [7, 11) is 0. The van der Waals surface area contributed by atoms with Gasteiger partial charge in [0.15, 0.2) is 0 Å². The maximum atomic E-state index is 5.77. The van der Waals surface area contributed by atoms with Crippen LogP contribution in [0.2, 0.25) is 5.02 Å². The Kier molecular flexibility index (Phi) is 1.29. The highest BCUT2D eigenvalue weighted by Crippen LogP contribution is 2.23. The minimum absolute atomic E-state index is 0.691. The highest BCUT2D eigenvalue weighted by molar-refractivity contribution is 6.31. The number of nitrogens with one attached hydrogen (secondary N) is 1. The van der Waals surface area contributed by atoms with Crippen LogP contribution in [0.1, 0.15) is 0 Å². The van der Waals surface area contributed by atoms with Gasteiger partial charge in [0, 0.05) is 22.0 Å². The van der Waals surface area contributed by atoms with Gasteiger partial charge in [0.2, 0.25) is 0 Å². The largest absolute Gasteiger partial charge is 0.385 e. The Balaban J connectivity index is 2.86. The van der Waals surface area contributed by atoms with Crippen LogP contribution in [0.25, 0.3) is 10.8 Å². The van der Waals surface area contributed by atoms with E-state index in [0.29, 0.717) is 5.82 Å². The summed E-state index contributed by atoms with van der Waals surface area (Å²) < 4.78 is 0. The first-order valence-corrected chi connectivity index (χ1v) is 3.67. The fourth-order valence-electron chi connectivity index (χ4n) is 1.13. The molecular formula is C8H7ClN2. The van der Waals surface area contributed by atoms with E-state index < -0.39 is 0 Å². The van der Waals surface area contributed by atoms with Crippen LogP contribution in [0.5, 0.6) is 0 Å². The molecule has 2 nitrogen and oxygen atoms in total. The van der Waals surface area contributed by atoms with Gasteiger partial charge in [-0.2, -0.15) is 0 Å². The molecule has 0 saturated carbocycles. The predicted octanol–water partition coefficient (Wildman–Crippen LogP) is 2.40. The average Bonchev–Trinajstić information content (AvgIpc) is 2.32. The molecule has 1 aromatic heterocycles. The number of fused-ring (bicyclic) bond motifs is 1. The minimum Gasteiger partial charge on any atom is -0.385 e. The van der Waals surface area contributed by atoms with Gasteiger partial charge in [-0.1, -0.05) is 11.6 Å². The van der Waals surface area contributed by atoms with Crippen molar-refractivity contribution in [3.05, 3.63) is 29.4 Å². The van der Waals surface area contributed by atoms with E-state index in [-0.39, 0.29) is 0 Å². The van der Waals surface area contributed by atoms with Crippen LogP contribution in [0.4, 0.5) is 5.82 Å². The fourth-order valence-corrected chi connectivity index (χ4v) is 1.31. The van der Waals surface area contributed by atoms with Crippen molar-refractivity contribution in [1.82, 2.24) is 4.98 Å². The molecule has 1 heterocycles. The fraction of sp³-hybridized carbons (Fsp3) is 0. The molecule has 3 N–H and O–H groups in total. The maximum Gasteiger partial charge on any atom is 0.108 e. The Morgan fingerprint density at radius 2 is 2.18 bits per heavy atom. The minimum atomic E-state index is 0.691. The SMILES string of the molecule is Nc1[nH]cc2cc(Cl)ccc12. The molecular weight excluding hydrogens is 160 g/mol. The first kappa shape index (κ1) is 6.55. The van der Waals surface area contributed by atoms with Gasteiger partial charge in [-0.05, 0) is 18.2 Å². The number of benzene rings is 1. The lowest BCUT2D eigenvalue weighted by Crippen LogP contribution is -1.82. The molecule has 56 valence electrons. The third-order valence-corrected chi connectivity index (χ3v) is 1.92. The van der Waals surface area contributed by atoms with Crippen LogP contribution >= 0.6 is 11.6 Å². The average molecular weight is 167 g/mol. The molecule has 0 saturated heterocycles. The molecule has 1 aromatic carbocycles. The monoisotopic (exact) mass is 166 g/mol. The lowest BCUT2D eigenvalue weighted by molar-refractivity contribution is 1.43. The van der Waals surface area contributed by atoms with Gasteiger partial charge in [0.1, 0.15) is 5.82 Å². The van der Waals surface area contributed by atoms with E-state index in [1.807, 2.05) is 24.4 Å². The third kappa shape index (κ3) is 0.955. The molecule has 11 heavy (non-hydrogen) atoms. The van der Waals surface area contributed by atoms with E-state index in [9.17, 15) is 0 Å². The molecule has 3 heteroatoms. The number of anilines is 1. The normalized spacial score (nSPS) is 10.6. The number of aromatic nitrogens is 1. The first-order chi connectivity index (χ1) is 5.27. The maximum absolute atomic E-state index is 5.77. The summed E-state index contributed by atoms with van der Waals surface area (Å²) in [6.07, 6.45) is 1.84.